The maximum atomic E-state index is 12.9. The molecule has 0 fully saturated rings. The predicted octanol–water partition coefficient (Wildman–Crippen LogP) is 4.32. The highest BCUT2D eigenvalue weighted by molar-refractivity contribution is 7.09. The molecule has 152 valence electrons. The normalized spacial score (nSPS) is 10.5. The minimum absolute atomic E-state index is 0.0882. The first-order valence-corrected chi connectivity index (χ1v) is 9.98. The fourth-order valence-corrected chi connectivity index (χ4v) is 3.49. The van der Waals surface area contributed by atoms with Gasteiger partial charge in [0.05, 0.1) is 24.9 Å². The molecule has 0 N–H and O–H groups in total. The van der Waals surface area contributed by atoms with Gasteiger partial charge in [-0.05, 0) is 42.8 Å². The van der Waals surface area contributed by atoms with Gasteiger partial charge in [0.1, 0.15) is 12.4 Å². The number of hydrogen-bond acceptors (Lipinski definition) is 6. The van der Waals surface area contributed by atoms with Crippen LogP contribution in [0.25, 0.3) is 0 Å². The van der Waals surface area contributed by atoms with Crippen LogP contribution in [0.2, 0.25) is 0 Å². The number of thiazole rings is 1. The van der Waals surface area contributed by atoms with Crippen LogP contribution in [-0.2, 0) is 13.2 Å². The molecule has 1 heterocycles. The van der Waals surface area contributed by atoms with Crippen LogP contribution in [0.4, 0.5) is 0 Å². The summed E-state index contributed by atoms with van der Waals surface area (Å²) < 4.78 is 16.4. The minimum Gasteiger partial charge on any atom is -0.493 e. The first kappa shape index (κ1) is 20.7. The summed E-state index contributed by atoms with van der Waals surface area (Å²) in [5.41, 5.74) is 2.40. The van der Waals surface area contributed by atoms with E-state index in [9.17, 15) is 4.79 Å². The van der Waals surface area contributed by atoms with E-state index in [2.05, 4.69) is 4.98 Å². The fourth-order valence-electron chi connectivity index (χ4n) is 2.90. The van der Waals surface area contributed by atoms with Crippen molar-refractivity contribution in [2.75, 3.05) is 21.3 Å². The van der Waals surface area contributed by atoms with Gasteiger partial charge in [0.2, 0.25) is 0 Å². The summed E-state index contributed by atoms with van der Waals surface area (Å²) in [5.74, 6) is 1.85. The Morgan fingerprint density at radius 2 is 1.90 bits per heavy atom. The maximum Gasteiger partial charge on any atom is 0.254 e. The van der Waals surface area contributed by atoms with Crippen LogP contribution in [0.5, 0.6) is 17.2 Å². The van der Waals surface area contributed by atoms with Gasteiger partial charge in [-0.1, -0.05) is 12.1 Å². The van der Waals surface area contributed by atoms with Crippen LogP contribution < -0.4 is 14.2 Å². The number of amides is 1. The minimum atomic E-state index is -0.0882. The maximum absolute atomic E-state index is 12.9. The number of nitrogens with zero attached hydrogens (tertiary/aromatic N) is 2. The van der Waals surface area contributed by atoms with E-state index in [4.69, 9.17) is 14.2 Å². The summed E-state index contributed by atoms with van der Waals surface area (Å²) in [6, 6.07) is 12.8. The Morgan fingerprint density at radius 3 is 2.59 bits per heavy atom. The number of aryl methyl sites for hydroxylation is 1. The molecule has 6 nitrogen and oxygen atoms in total. The molecule has 7 heteroatoms. The van der Waals surface area contributed by atoms with E-state index in [0.717, 1.165) is 16.3 Å². The van der Waals surface area contributed by atoms with E-state index >= 15 is 0 Å². The summed E-state index contributed by atoms with van der Waals surface area (Å²) in [6.07, 6.45) is 0. The van der Waals surface area contributed by atoms with Gasteiger partial charge in [-0.15, -0.1) is 11.3 Å². The highest BCUT2D eigenvalue weighted by Gasteiger charge is 2.14. The van der Waals surface area contributed by atoms with Gasteiger partial charge in [-0.3, -0.25) is 4.79 Å². The van der Waals surface area contributed by atoms with Crippen LogP contribution in [0, 0.1) is 6.92 Å². The lowest BCUT2D eigenvalue weighted by molar-refractivity contribution is 0.0784. The molecular weight excluding hydrogens is 388 g/mol. The van der Waals surface area contributed by atoms with Crippen molar-refractivity contribution in [1.29, 1.82) is 0 Å². The molecule has 29 heavy (non-hydrogen) atoms. The third-order valence-electron chi connectivity index (χ3n) is 4.35. The molecule has 0 spiro atoms. The molecule has 0 bridgehead atoms. The van der Waals surface area contributed by atoms with Crippen molar-refractivity contribution in [1.82, 2.24) is 9.88 Å². The van der Waals surface area contributed by atoms with Crippen LogP contribution in [0.15, 0.2) is 47.8 Å². The zero-order valence-corrected chi connectivity index (χ0v) is 17.8. The molecule has 0 radical (unpaired) electrons. The number of carbonyl (C=O) groups is 1. The van der Waals surface area contributed by atoms with Crippen molar-refractivity contribution in [2.24, 2.45) is 0 Å². The van der Waals surface area contributed by atoms with Crippen molar-refractivity contribution in [3.8, 4) is 17.2 Å². The number of rotatable bonds is 8. The molecule has 0 atom stereocenters. The third kappa shape index (κ3) is 5.26. The topological polar surface area (TPSA) is 60.9 Å². The predicted molar refractivity (Wildman–Crippen MR) is 113 cm³/mol. The zero-order valence-electron chi connectivity index (χ0n) is 17.0. The molecule has 0 unspecified atom stereocenters. The van der Waals surface area contributed by atoms with Gasteiger partial charge in [0, 0.05) is 24.5 Å². The van der Waals surface area contributed by atoms with E-state index in [-0.39, 0.29) is 5.91 Å². The van der Waals surface area contributed by atoms with E-state index < -0.39 is 0 Å². The molecular formula is C22H24N2O4S. The van der Waals surface area contributed by atoms with Crippen LogP contribution in [0.1, 0.15) is 26.6 Å². The Kier molecular flexibility index (Phi) is 6.72. The number of hydrogen-bond donors (Lipinski definition) is 0. The van der Waals surface area contributed by atoms with Gasteiger partial charge in [0.25, 0.3) is 5.91 Å². The molecule has 3 rings (SSSR count). The van der Waals surface area contributed by atoms with Gasteiger partial charge in [-0.2, -0.15) is 0 Å². The number of methoxy groups -OCH3 is 2. The molecule has 0 saturated heterocycles. The van der Waals surface area contributed by atoms with E-state index in [1.807, 2.05) is 42.6 Å². The second-order valence-corrected chi connectivity index (χ2v) is 7.59. The molecule has 1 aromatic heterocycles. The molecule has 3 aromatic rings. The lowest BCUT2D eigenvalue weighted by Crippen LogP contribution is -2.26. The van der Waals surface area contributed by atoms with E-state index in [0.29, 0.717) is 36.0 Å². The van der Waals surface area contributed by atoms with Crippen LogP contribution in [0.3, 0.4) is 0 Å². The Labute approximate surface area is 174 Å². The van der Waals surface area contributed by atoms with Crippen molar-refractivity contribution in [2.45, 2.75) is 20.1 Å². The molecule has 2 aromatic carbocycles. The quantitative estimate of drug-likeness (QED) is 0.551. The number of carbonyl (C=O) groups excluding carboxylic acids is 1. The van der Waals surface area contributed by atoms with Gasteiger partial charge in [-0.25, -0.2) is 4.98 Å². The molecule has 0 aliphatic heterocycles. The average Bonchev–Trinajstić information content (AvgIpc) is 3.16. The molecule has 1 amide bonds. The second-order valence-electron chi connectivity index (χ2n) is 6.52. The third-order valence-corrected chi connectivity index (χ3v) is 5.17. The van der Waals surface area contributed by atoms with Crippen LogP contribution in [-0.4, -0.2) is 37.1 Å². The standard InChI is InChI=1S/C22H24N2O4S/c1-15-23-18(14-29-15)13-28-19-7-5-6-17(11-19)22(25)24(2)12-16-8-9-20(26-3)21(10-16)27-4/h5-11,14H,12-13H2,1-4H3. The van der Waals surface area contributed by atoms with Crippen molar-refractivity contribution < 1.29 is 19.0 Å². The van der Waals surface area contributed by atoms with Crippen molar-refractivity contribution >= 4 is 17.2 Å². The highest BCUT2D eigenvalue weighted by atomic mass is 32.1. The Balaban J connectivity index is 1.66. The number of ether oxygens (including phenoxy) is 3. The number of benzene rings is 2. The van der Waals surface area contributed by atoms with Gasteiger partial charge < -0.3 is 19.1 Å². The SMILES string of the molecule is COc1ccc(CN(C)C(=O)c2cccc(OCc3csc(C)n3)c2)cc1OC. The smallest absolute Gasteiger partial charge is 0.254 e. The first-order chi connectivity index (χ1) is 14.0. The lowest BCUT2D eigenvalue weighted by Gasteiger charge is -2.19. The summed E-state index contributed by atoms with van der Waals surface area (Å²) in [4.78, 5) is 18.9. The summed E-state index contributed by atoms with van der Waals surface area (Å²) in [5, 5.41) is 2.98. The monoisotopic (exact) mass is 412 g/mol. The Bertz CT molecular complexity index is 986. The molecule has 0 aliphatic carbocycles. The highest BCUT2D eigenvalue weighted by Crippen LogP contribution is 2.28. The van der Waals surface area contributed by atoms with E-state index in [1.54, 1.807) is 49.6 Å². The van der Waals surface area contributed by atoms with Crippen LogP contribution >= 0.6 is 11.3 Å². The fraction of sp³-hybridized carbons (Fsp3) is 0.273. The lowest BCUT2D eigenvalue weighted by atomic mass is 10.1. The molecule has 0 aliphatic rings. The zero-order chi connectivity index (χ0) is 20.8. The summed E-state index contributed by atoms with van der Waals surface area (Å²) in [6.45, 7) is 2.79. The first-order valence-electron chi connectivity index (χ1n) is 9.10. The average molecular weight is 413 g/mol. The van der Waals surface area contributed by atoms with E-state index in [1.165, 1.54) is 0 Å². The van der Waals surface area contributed by atoms with Crippen molar-refractivity contribution in [3.05, 3.63) is 69.7 Å². The van der Waals surface area contributed by atoms with Gasteiger partial charge >= 0.3 is 0 Å². The Morgan fingerprint density at radius 1 is 1.10 bits per heavy atom. The molecule has 0 saturated carbocycles. The summed E-state index contributed by atoms with van der Waals surface area (Å²) in [7, 11) is 4.96. The Hall–Kier alpha value is -3.06. The number of aromatic nitrogens is 1. The van der Waals surface area contributed by atoms with Gasteiger partial charge in [0.15, 0.2) is 11.5 Å². The van der Waals surface area contributed by atoms with Crippen molar-refractivity contribution in [3.63, 3.8) is 0 Å². The second kappa shape index (κ2) is 9.43. The summed E-state index contributed by atoms with van der Waals surface area (Å²) >= 11 is 1.59. The largest absolute Gasteiger partial charge is 0.493 e.